The summed E-state index contributed by atoms with van der Waals surface area (Å²) in [4.78, 5) is 7.93. The van der Waals surface area contributed by atoms with E-state index in [0.29, 0.717) is 6.01 Å². The van der Waals surface area contributed by atoms with Crippen LogP contribution < -0.4 is 4.74 Å². The van der Waals surface area contributed by atoms with Crippen molar-refractivity contribution in [2.75, 3.05) is 7.11 Å². The van der Waals surface area contributed by atoms with Gasteiger partial charge in [0.15, 0.2) is 0 Å². The van der Waals surface area contributed by atoms with Crippen molar-refractivity contribution in [1.82, 2.24) is 9.97 Å². The Morgan fingerprint density at radius 1 is 1.43 bits per heavy atom. The number of aliphatic hydroxyl groups excluding tert-OH is 1. The lowest BCUT2D eigenvalue weighted by molar-refractivity contribution is 0.103. The second kappa shape index (κ2) is 3.20. The second-order valence-electron chi connectivity index (χ2n) is 4.06. The van der Waals surface area contributed by atoms with E-state index in [4.69, 9.17) is 4.74 Å². The first kappa shape index (κ1) is 9.40. The van der Waals surface area contributed by atoms with Gasteiger partial charge in [-0.3, -0.25) is 0 Å². The lowest BCUT2D eigenvalue weighted by atomic mass is 9.97. The van der Waals surface area contributed by atoms with E-state index in [1.54, 1.807) is 12.4 Å². The monoisotopic (exact) mass is 194 g/mol. The normalized spacial score (nSPS) is 20.2. The van der Waals surface area contributed by atoms with Gasteiger partial charge in [-0.2, -0.15) is 0 Å². The van der Waals surface area contributed by atoms with Gasteiger partial charge in [0.05, 0.1) is 13.2 Å². The van der Waals surface area contributed by atoms with Crippen LogP contribution in [0.3, 0.4) is 0 Å². The summed E-state index contributed by atoms with van der Waals surface area (Å²) in [6, 6.07) is 0.335. The number of hydrogen-bond acceptors (Lipinski definition) is 4. The van der Waals surface area contributed by atoms with Gasteiger partial charge in [0.1, 0.15) is 0 Å². The fourth-order valence-corrected chi connectivity index (χ4v) is 1.45. The van der Waals surface area contributed by atoms with Crippen molar-refractivity contribution in [2.24, 2.45) is 5.41 Å². The fourth-order valence-electron chi connectivity index (χ4n) is 1.45. The molecule has 1 saturated carbocycles. The third kappa shape index (κ3) is 1.57. The minimum absolute atomic E-state index is 0.0396. The van der Waals surface area contributed by atoms with Gasteiger partial charge in [-0.25, -0.2) is 9.97 Å². The summed E-state index contributed by atoms with van der Waals surface area (Å²) >= 11 is 0. The summed E-state index contributed by atoms with van der Waals surface area (Å²) in [6.45, 7) is 2.07. The van der Waals surface area contributed by atoms with Crippen molar-refractivity contribution in [2.45, 2.75) is 25.9 Å². The molecule has 2 rings (SSSR count). The fraction of sp³-hybridized carbons (Fsp3) is 0.600. The van der Waals surface area contributed by atoms with Crippen LogP contribution in [0, 0.1) is 5.41 Å². The zero-order valence-electron chi connectivity index (χ0n) is 8.40. The third-order valence-corrected chi connectivity index (χ3v) is 2.85. The summed E-state index contributed by atoms with van der Waals surface area (Å²) in [6.07, 6.45) is 4.94. The van der Waals surface area contributed by atoms with Crippen LogP contribution in [-0.4, -0.2) is 22.2 Å². The Balaban J connectivity index is 2.16. The minimum atomic E-state index is -0.451. The third-order valence-electron chi connectivity index (χ3n) is 2.85. The predicted molar refractivity (Wildman–Crippen MR) is 50.9 cm³/mol. The van der Waals surface area contributed by atoms with Gasteiger partial charge in [0.25, 0.3) is 0 Å². The van der Waals surface area contributed by atoms with Crippen LogP contribution in [0.4, 0.5) is 0 Å². The van der Waals surface area contributed by atoms with Gasteiger partial charge in [-0.15, -0.1) is 0 Å². The highest BCUT2D eigenvalue weighted by molar-refractivity contribution is 5.16. The maximum absolute atomic E-state index is 9.96. The molecular weight excluding hydrogens is 180 g/mol. The van der Waals surface area contributed by atoms with Crippen molar-refractivity contribution in [1.29, 1.82) is 0 Å². The number of hydrogen-bond donors (Lipinski definition) is 1. The van der Waals surface area contributed by atoms with Gasteiger partial charge in [-0.05, 0) is 18.3 Å². The Morgan fingerprint density at radius 2 is 2.00 bits per heavy atom. The molecule has 0 radical (unpaired) electrons. The molecule has 1 aliphatic rings. The van der Waals surface area contributed by atoms with E-state index in [-0.39, 0.29) is 5.41 Å². The number of nitrogens with zero attached hydrogens (tertiary/aromatic N) is 2. The molecule has 1 aliphatic carbocycles. The average molecular weight is 194 g/mol. The van der Waals surface area contributed by atoms with Gasteiger partial charge >= 0.3 is 6.01 Å². The zero-order chi connectivity index (χ0) is 10.2. The Bertz CT molecular complexity index is 319. The molecule has 0 saturated heterocycles. The van der Waals surface area contributed by atoms with Crippen molar-refractivity contribution in [3.8, 4) is 6.01 Å². The molecule has 1 atom stereocenters. The molecule has 1 unspecified atom stereocenters. The van der Waals surface area contributed by atoms with Crippen molar-refractivity contribution in [3.63, 3.8) is 0 Å². The quantitative estimate of drug-likeness (QED) is 0.788. The van der Waals surface area contributed by atoms with Gasteiger partial charge in [-0.1, -0.05) is 6.92 Å². The summed E-state index contributed by atoms with van der Waals surface area (Å²) in [5.74, 6) is 0. The Kier molecular flexibility index (Phi) is 2.15. The number of methoxy groups -OCH3 is 1. The van der Waals surface area contributed by atoms with E-state index in [2.05, 4.69) is 16.9 Å². The Morgan fingerprint density at radius 3 is 2.43 bits per heavy atom. The lowest BCUT2D eigenvalue weighted by Gasteiger charge is -2.16. The number of aromatic nitrogens is 2. The highest BCUT2D eigenvalue weighted by Gasteiger charge is 2.45. The van der Waals surface area contributed by atoms with Crippen molar-refractivity contribution in [3.05, 3.63) is 18.0 Å². The molecule has 1 N–H and O–H groups in total. The molecule has 1 aromatic rings. The summed E-state index contributed by atoms with van der Waals surface area (Å²) < 4.78 is 4.85. The highest BCUT2D eigenvalue weighted by Crippen LogP contribution is 2.54. The van der Waals surface area contributed by atoms with E-state index in [9.17, 15) is 5.11 Å². The molecule has 0 aliphatic heterocycles. The van der Waals surface area contributed by atoms with Crippen LogP contribution in [-0.2, 0) is 0 Å². The summed E-state index contributed by atoms with van der Waals surface area (Å²) in [7, 11) is 1.52. The first-order valence-corrected chi connectivity index (χ1v) is 4.70. The van der Waals surface area contributed by atoms with Crippen LogP contribution in [0.5, 0.6) is 6.01 Å². The largest absolute Gasteiger partial charge is 0.467 e. The van der Waals surface area contributed by atoms with Gasteiger partial charge in [0, 0.05) is 18.0 Å². The summed E-state index contributed by atoms with van der Waals surface area (Å²) in [5, 5.41) is 9.96. The maximum Gasteiger partial charge on any atom is 0.316 e. The molecule has 76 valence electrons. The molecule has 0 bridgehead atoms. The van der Waals surface area contributed by atoms with Crippen LogP contribution in [0.25, 0.3) is 0 Å². The Hall–Kier alpha value is -1.16. The summed E-state index contributed by atoms with van der Waals surface area (Å²) in [5.41, 5.74) is 0.809. The number of rotatable bonds is 3. The second-order valence-corrected chi connectivity index (χ2v) is 4.06. The predicted octanol–water partition coefficient (Wildman–Crippen LogP) is 1.32. The van der Waals surface area contributed by atoms with Crippen LogP contribution >= 0.6 is 0 Å². The van der Waals surface area contributed by atoms with Crippen LogP contribution in [0.1, 0.15) is 31.4 Å². The van der Waals surface area contributed by atoms with Gasteiger partial charge < -0.3 is 9.84 Å². The SMILES string of the molecule is COc1ncc(C(O)C2(C)CC2)cn1. The average Bonchev–Trinajstić information content (AvgIpc) is 2.97. The molecule has 1 fully saturated rings. The molecule has 1 aromatic heterocycles. The van der Waals surface area contributed by atoms with Crippen molar-refractivity contribution >= 4 is 0 Å². The highest BCUT2D eigenvalue weighted by atomic mass is 16.5. The smallest absolute Gasteiger partial charge is 0.316 e. The molecule has 1 heterocycles. The number of ether oxygens (including phenoxy) is 1. The minimum Gasteiger partial charge on any atom is -0.467 e. The van der Waals surface area contributed by atoms with Crippen LogP contribution in [0.2, 0.25) is 0 Å². The van der Waals surface area contributed by atoms with E-state index < -0.39 is 6.10 Å². The number of aliphatic hydroxyl groups is 1. The molecule has 0 aromatic carbocycles. The standard InChI is InChI=1S/C10H14N2O2/c1-10(3-4-10)8(13)7-5-11-9(14-2)12-6-7/h5-6,8,13H,3-4H2,1-2H3. The van der Waals surface area contributed by atoms with Crippen molar-refractivity contribution < 1.29 is 9.84 Å². The molecule has 0 spiro atoms. The lowest BCUT2D eigenvalue weighted by Crippen LogP contribution is -2.10. The molecule has 14 heavy (non-hydrogen) atoms. The van der Waals surface area contributed by atoms with E-state index in [1.807, 2.05) is 0 Å². The Labute approximate surface area is 83.0 Å². The first-order valence-electron chi connectivity index (χ1n) is 4.70. The molecule has 4 heteroatoms. The zero-order valence-corrected chi connectivity index (χ0v) is 8.40. The van der Waals surface area contributed by atoms with E-state index >= 15 is 0 Å². The van der Waals surface area contributed by atoms with E-state index in [1.165, 1.54) is 7.11 Å². The molecule has 0 amide bonds. The molecule has 4 nitrogen and oxygen atoms in total. The molecular formula is C10H14N2O2. The first-order chi connectivity index (χ1) is 6.65. The topological polar surface area (TPSA) is 55.2 Å². The van der Waals surface area contributed by atoms with E-state index in [0.717, 1.165) is 18.4 Å². The van der Waals surface area contributed by atoms with Gasteiger partial charge in [0.2, 0.25) is 0 Å². The maximum atomic E-state index is 9.96. The van der Waals surface area contributed by atoms with Crippen LogP contribution in [0.15, 0.2) is 12.4 Å².